The Labute approximate surface area is 104 Å². The largest absolute Gasteiger partial charge is 0.478 e. The standard InChI is InChI=1S/C12H13N3O3/c1-3-15-11(7-13-14-15)18-10-5-4-9(12(16)17)6-8(10)2/h4-7H,3H2,1-2H3,(H,16,17). The zero-order chi connectivity index (χ0) is 13.1. The lowest BCUT2D eigenvalue weighted by atomic mass is 10.1. The van der Waals surface area contributed by atoms with Crippen LogP contribution in [0.4, 0.5) is 0 Å². The Kier molecular flexibility index (Phi) is 3.27. The van der Waals surface area contributed by atoms with Crippen LogP contribution in [0, 0.1) is 6.92 Å². The van der Waals surface area contributed by atoms with Crippen molar-refractivity contribution in [3.63, 3.8) is 0 Å². The molecule has 2 aromatic rings. The van der Waals surface area contributed by atoms with Gasteiger partial charge in [-0.15, -0.1) is 5.10 Å². The lowest BCUT2D eigenvalue weighted by Gasteiger charge is -2.09. The first-order chi connectivity index (χ1) is 8.61. The maximum absolute atomic E-state index is 10.8. The lowest BCUT2D eigenvalue weighted by Crippen LogP contribution is -2.01. The van der Waals surface area contributed by atoms with E-state index in [-0.39, 0.29) is 5.56 Å². The second kappa shape index (κ2) is 4.87. The summed E-state index contributed by atoms with van der Waals surface area (Å²) < 4.78 is 7.27. The van der Waals surface area contributed by atoms with E-state index in [1.807, 2.05) is 6.92 Å². The molecule has 0 aliphatic carbocycles. The maximum atomic E-state index is 10.8. The summed E-state index contributed by atoms with van der Waals surface area (Å²) in [7, 11) is 0. The van der Waals surface area contributed by atoms with E-state index >= 15 is 0 Å². The van der Waals surface area contributed by atoms with Gasteiger partial charge >= 0.3 is 5.97 Å². The quantitative estimate of drug-likeness (QED) is 0.895. The Hall–Kier alpha value is -2.37. The molecule has 94 valence electrons. The molecule has 0 saturated heterocycles. The number of aryl methyl sites for hydroxylation is 2. The Morgan fingerprint density at radius 3 is 2.89 bits per heavy atom. The van der Waals surface area contributed by atoms with Gasteiger partial charge in [0.1, 0.15) is 11.9 Å². The summed E-state index contributed by atoms with van der Waals surface area (Å²) in [4.78, 5) is 10.8. The van der Waals surface area contributed by atoms with E-state index < -0.39 is 5.97 Å². The Morgan fingerprint density at radius 2 is 2.28 bits per heavy atom. The molecule has 0 aliphatic heterocycles. The highest BCUT2D eigenvalue weighted by molar-refractivity contribution is 5.88. The van der Waals surface area contributed by atoms with Crippen LogP contribution in [0.1, 0.15) is 22.8 Å². The average Bonchev–Trinajstić information content (AvgIpc) is 2.78. The van der Waals surface area contributed by atoms with Crippen molar-refractivity contribution < 1.29 is 14.6 Å². The Balaban J connectivity index is 2.27. The van der Waals surface area contributed by atoms with E-state index in [1.165, 1.54) is 12.3 Å². The second-order valence-corrected chi connectivity index (χ2v) is 3.78. The summed E-state index contributed by atoms with van der Waals surface area (Å²) in [6.07, 6.45) is 1.52. The number of aromatic nitrogens is 3. The third-order valence-corrected chi connectivity index (χ3v) is 2.52. The van der Waals surface area contributed by atoms with E-state index in [2.05, 4.69) is 10.3 Å². The molecular weight excluding hydrogens is 234 g/mol. The molecule has 0 radical (unpaired) electrons. The lowest BCUT2D eigenvalue weighted by molar-refractivity contribution is 0.0697. The zero-order valence-corrected chi connectivity index (χ0v) is 10.1. The van der Waals surface area contributed by atoms with Crippen molar-refractivity contribution in [2.24, 2.45) is 0 Å². The SMILES string of the molecule is CCn1nncc1Oc1ccc(C(=O)O)cc1C. The summed E-state index contributed by atoms with van der Waals surface area (Å²) in [5.74, 6) is 0.172. The first-order valence-electron chi connectivity index (χ1n) is 5.52. The number of carboxylic acids is 1. The number of benzene rings is 1. The van der Waals surface area contributed by atoms with Crippen LogP contribution in [0.3, 0.4) is 0 Å². The van der Waals surface area contributed by atoms with Crippen molar-refractivity contribution in [2.75, 3.05) is 0 Å². The second-order valence-electron chi connectivity index (χ2n) is 3.78. The van der Waals surface area contributed by atoms with Gasteiger partial charge in [-0.3, -0.25) is 0 Å². The fourth-order valence-corrected chi connectivity index (χ4v) is 1.56. The van der Waals surface area contributed by atoms with Crippen LogP contribution in [-0.4, -0.2) is 26.1 Å². The van der Waals surface area contributed by atoms with Gasteiger partial charge < -0.3 is 9.84 Å². The first kappa shape index (κ1) is 12.1. The molecule has 6 heteroatoms. The number of carbonyl (C=O) groups is 1. The normalized spacial score (nSPS) is 10.3. The molecule has 0 unspecified atom stereocenters. The molecule has 1 aromatic heterocycles. The summed E-state index contributed by atoms with van der Waals surface area (Å²) in [5.41, 5.74) is 0.987. The third-order valence-electron chi connectivity index (χ3n) is 2.52. The molecule has 0 spiro atoms. The molecule has 0 amide bonds. The molecule has 0 aliphatic rings. The summed E-state index contributed by atoms with van der Waals surface area (Å²) >= 11 is 0. The van der Waals surface area contributed by atoms with Gasteiger partial charge in [-0.05, 0) is 37.6 Å². The summed E-state index contributed by atoms with van der Waals surface area (Å²) in [6.45, 7) is 4.38. The highest BCUT2D eigenvalue weighted by atomic mass is 16.5. The van der Waals surface area contributed by atoms with Gasteiger partial charge in [0, 0.05) is 6.54 Å². The molecular formula is C12H13N3O3. The van der Waals surface area contributed by atoms with Crippen molar-refractivity contribution in [1.82, 2.24) is 15.0 Å². The van der Waals surface area contributed by atoms with Crippen molar-refractivity contribution in [3.05, 3.63) is 35.5 Å². The number of aromatic carboxylic acids is 1. The summed E-state index contributed by atoms with van der Waals surface area (Å²) in [6, 6.07) is 4.70. The van der Waals surface area contributed by atoms with Crippen LogP contribution in [0.25, 0.3) is 0 Å². The number of hydrogen-bond acceptors (Lipinski definition) is 4. The molecule has 0 fully saturated rings. The highest BCUT2D eigenvalue weighted by Gasteiger charge is 2.09. The topological polar surface area (TPSA) is 77.2 Å². The van der Waals surface area contributed by atoms with Crippen LogP contribution >= 0.6 is 0 Å². The van der Waals surface area contributed by atoms with E-state index in [9.17, 15) is 4.79 Å². The molecule has 18 heavy (non-hydrogen) atoms. The van der Waals surface area contributed by atoms with Crippen molar-refractivity contribution in [2.45, 2.75) is 20.4 Å². The van der Waals surface area contributed by atoms with Crippen LogP contribution < -0.4 is 4.74 Å². The molecule has 1 aromatic carbocycles. The Bertz CT molecular complexity index is 578. The van der Waals surface area contributed by atoms with Gasteiger partial charge in [0.25, 0.3) is 0 Å². The monoisotopic (exact) mass is 247 g/mol. The Morgan fingerprint density at radius 1 is 1.50 bits per heavy atom. The van der Waals surface area contributed by atoms with Gasteiger partial charge in [-0.2, -0.15) is 0 Å². The van der Waals surface area contributed by atoms with Crippen LogP contribution in [0.15, 0.2) is 24.4 Å². The smallest absolute Gasteiger partial charge is 0.335 e. The predicted octanol–water partition coefficient (Wildman–Crippen LogP) is 2.10. The van der Waals surface area contributed by atoms with Crippen molar-refractivity contribution >= 4 is 5.97 Å². The number of nitrogens with zero attached hydrogens (tertiary/aromatic N) is 3. The molecule has 1 heterocycles. The van der Waals surface area contributed by atoms with Gasteiger partial charge in [-0.1, -0.05) is 5.21 Å². The molecule has 1 N–H and O–H groups in total. The number of hydrogen-bond donors (Lipinski definition) is 1. The van der Waals surface area contributed by atoms with Crippen LogP contribution in [-0.2, 0) is 6.54 Å². The van der Waals surface area contributed by atoms with E-state index in [0.717, 1.165) is 5.56 Å². The van der Waals surface area contributed by atoms with Gasteiger partial charge in [0.2, 0.25) is 5.88 Å². The number of ether oxygens (including phenoxy) is 1. The van der Waals surface area contributed by atoms with Crippen molar-refractivity contribution in [3.8, 4) is 11.6 Å². The van der Waals surface area contributed by atoms with Gasteiger partial charge in [0.15, 0.2) is 0 Å². The predicted molar refractivity (Wildman–Crippen MR) is 63.9 cm³/mol. The number of carboxylic acid groups (broad SMARTS) is 1. The van der Waals surface area contributed by atoms with Gasteiger partial charge in [0.05, 0.1) is 5.56 Å². The van der Waals surface area contributed by atoms with Gasteiger partial charge in [-0.25, -0.2) is 9.48 Å². The van der Waals surface area contributed by atoms with Crippen molar-refractivity contribution in [1.29, 1.82) is 0 Å². The minimum absolute atomic E-state index is 0.238. The first-order valence-corrected chi connectivity index (χ1v) is 5.52. The molecule has 0 atom stereocenters. The molecule has 0 bridgehead atoms. The fraction of sp³-hybridized carbons (Fsp3) is 0.250. The third kappa shape index (κ3) is 2.32. The zero-order valence-electron chi connectivity index (χ0n) is 10.1. The number of rotatable bonds is 4. The fourth-order valence-electron chi connectivity index (χ4n) is 1.56. The average molecular weight is 247 g/mol. The molecule has 6 nitrogen and oxygen atoms in total. The van der Waals surface area contributed by atoms with E-state index in [1.54, 1.807) is 23.7 Å². The minimum atomic E-state index is -0.954. The highest BCUT2D eigenvalue weighted by Crippen LogP contribution is 2.25. The van der Waals surface area contributed by atoms with Crippen LogP contribution in [0.5, 0.6) is 11.6 Å². The van der Waals surface area contributed by atoms with E-state index in [4.69, 9.17) is 9.84 Å². The van der Waals surface area contributed by atoms with Crippen LogP contribution in [0.2, 0.25) is 0 Å². The molecule has 2 rings (SSSR count). The maximum Gasteiger partial charge on any atom is 0.335 e. The summed E-state index contributed by atoms with van der Waals surface area (Å²) in [5, 5.41) is 16.5. The van der Waals surface area contributed by atoms with E-state index in [0.29, 0.717) is 18.2 Å². The minimum Gasteiger partial charge on any atom is -0.478 e. The molecule has 0 saturated carbocycles.